The smallest absolute Gasteiger partial charge is 0.257 e. The Morgan fingerprint density at radius 2 is 1.59 bits per heavy atom. The van der Waals surface area contributed by atoms with Crippen molar-refractivity contribution in [3.05, 3.63) is 107 Å². The first-order valence-corrected chi connectivity index (χ1v) is 10.2. The van der Waals surface area contributed by atoms with E-state index in [1.165, 1.54) is 0 Å². The van der Waals surface area contributed by atoms with Crippen molar-refractivity contribution in [1.82, 2.24) is 30.4 Å². The Morgan fingerprint density at radius 1 is 0.938 bits per heavy atom. The maximum atomic E-state index is 14.1. The highest BCUT2D eigenvalue weighted by Gasteiger charge is 2.43. The molecule has 1 aromatic heterocycles. The van der Waals surface area contributed by atoms with Gasteiger partial charge in [0.25, 0.3) is 5.91 Å². The highest BCUT2D eigenvalue weighted by molar-refractivity contribution is 6.01. The molecular formula is C24H20N6O2. The predicted molar refractivity (Wildman–Crippen MR) is 117 cm³/mol. The summed E-state index contributed by atoms with van der Waals surface area (Å²) in [4.78, 5) is 28.9. The molecule has 8 heteroatoms. The van der Waals surface area contributed by atoms with Crippen LogP contribution in [0.15, 0.2) is 84.9 Å². The second-order valence-corrected chi connectivity index (χ2v) is 7.42. The summed E-state index contributed by atoms with van der Waals surface area (Å²) in [5.74, 6) is -0.137. The lowest BCUT2D eigenvalue weighted by atomic mass is 9.97. The van der Waals surface area contributed by atoms with Crippen molar-refractivity contribution in [2.45, 2.75) is 12.1 Å². The molecule has 8 nitrogen and oxygen atoms in total. The van der Waals surface area contributed by atoms with Gasteiger partial charge >= 0.3 is 0 Å². The number of carbonyl (C=O) groups is 2. The number of tetrazole rings is 1. The van der Waals surface area contributed by atoms with E-state index in [-0.39, 0.29) is 11.8 Å². The minimum absolute atomic E-state index is 0.292. The Morgan fingerprint density at radius 3 is 2.31 bits per heavy atom. The molecule has 0 aliphatic carbocycles. The van der Waals surface area contributed by atoms with Crippen molar-refractivity contribution < 1.29 is 9.59 Å². The van der Waals surface area contributed by atoms with Crippen LogP contribution in [0.2, 0.25) is 0 Å². The minimum Gasteiger partial charge on any atom is -0.357 e. The SMILES string of the molecule is CNC(=O)[C@H](c1ccccc1)N1C(=O)c2ccccc2-n2nnnc2C1c1ccccc1. The van der Waals surface area contributed by atoms with Gasteiger partial charge in [-0.25, -0.2) is 0 Å². The fraction of sp³-hybridized carbons (Fsp3) is 0.125. The molecule has 32 heavy (non-hydrogen) atoms. The zero-order valence-corrected chi connectivity index (χ0v) is 17.3. The molecule has 0 bridgehead atoms. The highest BCUT2D eigenvalue weighted by Crippen LogP contribution is 2.39. The number of carbonyl (C=O) groups excluding carboxylic acids is 2. The van der Waals surface area contributed by atoms with Gasteiger partial charge in [0.2, 0.25) is 5.91 Å². The van der Waals surface area contributed by atoms with E-state index in [0.29, 0.717) is 22.6 Å². The van der Waals surface area contributed by atoms with Crippen molar-refractivity contribution >= 4 is 11.8 Å². The maximum absolute atomic E-state index is 14.1. The first kappa shape index (κ1) is 19.6. The minimum atomic E-state index is -0.893. The zero-order chi connectivity index (χ0) is 22.1. The number of aromatic nitrogens is 4. The molecule has 0 saturated heterocycles. The number of hydrogen-bond donors (Lipinski definition) is 1. The van der Waals surface area contributed by atoms with Crippen molar-refractivity contribution in [2.24, 2.45) is 0 Å². The monoisotopic (exact) mass is 424 g/mol. The summed E-state index contributed by atoms with van der Waals surface area (Å²) < 4.78 is 1.58. The van der Waals surface area contributed by atoms with E-state index in [2.05, 4.69) is 20.8 Å². The Hall–Kier alpha value is -4.33. The molecule has 0 saturated carbocycles. The van der Waals surface area contributed by atoms with Gasteiger partial charge in [0, 0.05) is 7.05 Å². The number of likely N-dealkylation sites (N-methyl/N-ethyl adjacent to an activating group) is 1. The van der Waals surface area contributed by atoms with Crippen LogP contribution >= 0.6 is 0 Å². The van der Waals surface area contributed by atoms with E-state index in [9.17, 15) is 9.59 Å². The maximum Gasteiger partial charge on any atom is 0.257 e. The molecule has 1 N–H and O–H groups in total. The van der Waals surface area contributed by atoms with Gasteiger partial charge in [-0.15, -0.1) is 5.10 Å². The summed E-state index contributed by atoms with van der Waals surface area (Å²) in [5.41, 5.74) is 2.49. The lowest BCUT2D eigenvalue weighted by molar-refractivity contribution is -0.126. The van der Waals surface area contributed by atoms with Gasteiger partial charge in [-0.05, 0) is 33.7 Å². The molecule has 2 atom stereocenters. The summed E-state index contributed by atoms with van der Waals surface area (Å²) in [6.07, 6.45) is 0. The van der Waals surface area contributed by atoms with Gasteiger partial charge in [-0.1, -0.05) is 72.8 Å². The molecule has 1 unspecified atom stereocenters. The molecule has 3 aromatic carbocycles. The fourth-order valence-corrected chi connectivity index (χ4v) is 4.18. The standard InChI is InChI=1S/C24H20N6O2/c1-25-23(31)21(17-12-6-3-7-13-17)29-20(16-10-4-2-5-11-16)22-26-27-28-30(22)19-15-9-8-14-18(19)24(29)32/h2-15,20-21H,1H3,(H,25,31)/t20?,21-/m0/s1. The summed E-state index contributed by atoms with van der Waals surface area (Å²) >= 11 is 0. The van der Waals surface area contributed by atoms with Crippen molar-refractivity contribution in [2.75, 3.05) is 7.05 Å². The Balaban J connectivity index is 1.82. The van der Waals surface area contributed by atoms with Crippen LogP contribution in [0.5, 0.6) is 0 Å². The zero-order valence-electron chi connectivity index (χ0n) is 17.3. The highest BCUT2D eigenvalue weighted by atomic mass is 16.2. The normalized spacial score (nSPS) is 16.0. The van der Waals surface area contributed by atoms with E-state index in [1.807, 2.05) is 66.7 Å². The van der Waals surface area contributed by atoms with Crippen LogP contribution < -0.4 is 5.32 Å². The van der Waals surface area contributed by atoms with Gasteiger partial charge in [0.15, 0.2) is 5.82 Å². The molecule has 2 amide bonds. The summed E-state index contributed by atoms with van der Waals surface area (Å²) in [6, 6.07) is 24.3. The van der Waals surface area contributed by atoms with Crippen LogP contribution in [0.25, 0.3) is 5.69 Å². The topological polar surface area (TPSA) is 93.0 Å². The van der Waals surface area contributed by atoms with E-state index < -0.39 is 12.1 Å². The molecule has 1 aliphatic heterocycles. The number of hydrogen-bond acceptors (Lipinski definition) is 5. The Kier molecular flexibility index (Phi) is 4.95. The number of nitrogens with zero attached hydrogens (tertiary/aromatic N) is 5. The Bertz CT molecular complexity index is 1270. The third kappa shape index (κ3) is 3.13. The summed E-state index contributed by atoms with van der Waals surface area (Å²) in [6.45, 7) is 0. The second-order valence-electron chi connectivity index (χ2n) is 7.42. The van der Waals surface area contributed by atoms with Crippen LogP contribution in [-0.2, 0) is 4.79 Å². The average molecular weight is 424 g/mol. The van der Waals surface area contributed by atoms with Crippen molar-refractivity contribution in [3.8, 4) is 5.69 Å². The molecule has 2 heterocycles. The van der Waals surface area contributed by atoms with Crippen molar-refractivity contribution in [3.63, 3.8) is 0 Å². The first-order chi connectivity index (χ1) is 15.7. The molecule has 5 rings (SSSR count). The summed E-state index contributed by atoms with van der Waals surface area (Å²) in [5, 5.41) is 15.1. The number of para-hydroxylation sites is 1. The van der Waals surface area contributed by atoms with Crippen LogP contribution in [0.4, 0.5) is 0 Å². The lowest BCUT2D eigenvalue weighted by Crippen LogP contribution is -2.45. The Labute approximate surface area is 184 Å². The average Bonchev–Trinajstić information content (AvgIpc) is 3.30. The number of amides is 2. The molecule has 158 valence electrons. The predicted octanol–water partition coefficient (Wildman–Crippen LogP) is 2.69. The third-order valence-corrected chi connectivity index (χ3v) is 5.62. The number of nitrogens with one attached hydrogen (secondary N) is 1. The van der Waals surface area contributed by atoms with Gasteiger partial charge in [-0.3, -0.25) is 9.59 Å². The molecule has 0 spiro atoms. The third-order valence-electron chi connectivity index (χ3n) is 5.62. The fourth-order valence-electron chi connectivity index (χ4n) is 4.18. The van der Waals surface area contributed by atoms with Crippen LogP contribution in [0.1, 0.15) is 39.4 Å². The largest absolute Gasteiger partial charge is 0.357 e. The van der Waals surface area contributed by atoms with Gasteiger partial charge < -0.3 is 10.2 Å². The van der Waals surface area contributed by atoms with Gasteiger partial charge in [-0.2, -0.15) is 4.68 Å². The van der Waals surface area contributed by atoms with Gasteiger partial charge in [0.05, 0.1) is 11.3 Å². The van der Waals surface area contributed by atoms with Gasteiger partial charge in [0.1, 0.15) is 12.1 Å². The second kappa shape index (κ2) is 8.07. The quantitative estimate of drug-likeness (QED) is 0.544. The molecule has 0 radical (unpaired) electrons. The van der Waals surface area contributed by atoms with Crippen LogP contribution in [0, 0.1) is 0 Å². The van der Waals surface area contributed by atoms with Crippen molar-refractivity contribution in [1.29, 1.82) is 0 Å². The van der Waals surface area contributed by atoms with Crippen LogP contribution in [0.3, 0.4) is 0 Å². The van der Waals surface area contributed by atoms with E-state index in [1.54, 1.807) is 34.8 Å². The lowest BCUT2D eigenvalue weighted by Gasteiger charge is -2.35. The number of rotatable bonds is 4. The van der Waals surface area contributed by atoms with E-state index >= 15 is 0 Å². The first-order valence-electron chi connectivity index (χ1n) is 10.2. The van der Waals surface area contributed by atoms with E-state index in [4.69, 9.17) is 0 Å². The number of fused-ring (bicyclic) bond motifs is 3. The molecule has 4 aromatic rings. The van der Waals surface area contributed by atoms with Crippen LogP contribution in [-0.4, -0.2) is 44.0 Å². The number of benzene rings is 3. The molecule has 0 fully saturated rings. The molecule has 1 aliphatic rings. The molecular weight excluding hydrogens is 404 g/mol. The summed E-state index contributed by atoms with van der Waals surface area (Å²) in [7, 11) is 1.57. The van der Waals surface area contributed by atoms with E-state index in [0.717, 1.165) is 5.56 Å².